The highest BCUT2D eigenvalue weighted by Crippen LogP contribution is 2.52. The van der Waals surface area contributed by atoms with E-state index in [4.69, 9.17) is 0 Å². The molecule has 3 aliphatic rings. The Labute approximate surface area is 271 Å². The molecule has 2 nitrogen and oxygen atoms in total. The van der Waals surface area contributed by atoms with Crippen molar-refractivity contribution in [3.8, 4) is 33.4 Å². The molecule has 0 N–H and O–H groups in total. The average Bonchev–Trinajstić information content (AvgIpc) is 3.50. The molecule has 7 aromatic carbocycles. The highest BCUT2D eigenvalue weighted by atomic mass is 32.1. The summed E-state index contributed by atoms with van der Waals surface area (Å²) in [5.74, 6) is 0. The number of anilines is 5. The lowest BCUT2D eigenvalue weighted by Gasteiger charge is -2.49. The summed E-state index contributed by atoms with van der Waals surface area (Å²) in [4.78, 5) is 5.14. The third-order valence-electron chi connectivity index (χ3n) is 10.2. The standard InChI is InChI=1S/C42H25BN2S/c1-2-10-26(11-3-1)27-20-22-36-33(24-27)32-15-9-18-38-42(32)43-41-31(29-12-4-6-16-35(29)45(36)43)14-8-17-37(41)44(38)28-21-23-40-34(25-28)30-13-5-7-19-39(30)46-40/h1-25H. The number of rotatable bonds is 2. The molecule has 0 radical (unpaired) electrons. The van der Waals surface area contributed by atoms with Crippen LogP contribution in [0.25, 0.3) is 53.6 Å². The maximum absolute atomic E-state index is 2.62. The van der Waals surface area contributed by atoms with Gasteiger partial charge in [-0.15, -0.1) is 11.3 Å². The zero-order valence-corrected chi connectivity index (χ0v) is 25.6. The summed E-state index contributed by atoms with van der Waals surface area (Å²) >= 11 is 1.87. The first kappa shape index (κ1) is 24.7. The summed E-state index contributed by atoms with van der Waals surface area (Å²) in [7, 11) is 0. The molecule has 3 aliphatic heterocycles. The number of hydrogen-bond donors (Lipinski definition) is 0. The number of fused-ring (bicyclic) bond motifs is 9. The number of benzene rings is 7. The molecule has 4 heterocycles. The van der Waals surface area contributed by atoms with E-state index < -0.39 is 0 Å². The Bertz CT molecular complexity index is 2570. The van der Waals surface area contributed by atoms with Crippen LogP contribution in [0, 0.1) is 0 Å². The lowest BCUT2D eigenvalue weighted by Crippen LogP contribution is -2.63. The Morgan fingerprint density at radius 3 is 1.91 bits per heavy atom. The zero-order valence-electron chi connectivity index (χ0n) is 24.8. The van der Waals surface area contributed by atoms with Gasteiger partial charge < -0.3 is 9.71 Å². The molecule has 0 atom stereocenters. The van der Waals surface area contributed by atoms with Crippen LogP contribution in [0.5, 0.6) is 0 Å². The van der Waals surface area contributed by atoms with Crippen LogP contribution >= 0.6 is 11.3 Å². The minimum atomic E-state index is 0.0873. The van der Waals surface area contributed by atoms with Crippen molar-refractivity contribution in [2.75, 3.05) is 9.71 Å². The maximum Gasteiger partial charge on any atom is 0.333 e. The van der Waals surface area contributed by atoms with Crippen LogP contribution in [0.15, 0.2) is 152 Å². The van der Waals surface area contributed by atoms with Crippen molar-refractivity contribution in [1.29, 1.82) is 0 Å². The summed E-state index contributed by atoms with van der Waals surface area (Å²) < 4.78 is 2.66. The molecule has 0 saturated heterocycles. The van der Waals surface area contributed by atoms with E-state index in [0.29, 0.717) is 0 Å². The van der Waals surface area contributed by atoms with E-state index in [1.54, 1.807) is 0 Å². The Hall–Kier alpha value is -5.58. The third-order valence-corrected chi connectivity index (χ3v) is 11.3. The van der Waals surface area contributed by atoms with Gasteiger partial charge in [-0.1, -0.05) is 97.1 Å². The van der Waals surface area contributed by atoms with Crippen LogP contribution in [0.2, 0.25) is 0 Å². The second-order valence-electron chi connectivity index (χ2n) is 12.5. The van der Waals surface area contributed by atoms with Crippen LogP contribution in [-0.4, -0.2) is 6.85 Å². The molecule has 11 rings (SSSR count). The van der Waals surface area contributed by atoms with Crippen molar-refractivity contribution in [1.82, 2.24) is 0 Å². The van der Waals surface area contributed by atoms with E-state index in [0.717, 1.165) is 0 Å². The molecule has 1 aromatic heterocycles. The van der Waals surface area contributed by atoms with Crippen molar-refractivity contribution in [3.63, 3.8) is 0 Å². The molecule has 0 bridgehead atoms. The zero-order chi connectivity index (χ0) is 29.9. The molecule has 0 spiro atoms. The first-order valence-corrected chi connectivity index (χ1v) is 16.7. The number of thiophene rings is 1. The molecule has 0 fully saturated rings. The molecule has 0 saturated carbocycles. The third kappa shape index (κ3) is 3.16. The molecule has 0 aliphatic carbocycles. The van der Waals surface area contributed by atoms with Crippen LogP contribution in [0.4, 0.5) is 28.4 Å². The van der Waals surface area contributed by atoms with Gasteiger partial charge in [0.25, 0.3) is 0 Å². The predicted octanol–water partition coefficient (Wildman–Crippen LogP) is 10.4. The van der Waals surface area contributed by atoms with Crippen molar-refractivity contribution >= 4 is 77.7 Å². The monoisotopic (exact) mass is 600 g/mol. The Kier molecular flexibility index (Phi) is 4.83. The summed E-state index contributed by atoms with van der Waals surface area (Å²) in [6.07, 6.45) is 0. The number of hydrogen-bond acceptors (Lipinski definition) is 3. The smallest absolute Gasteiger partial charge is 0.333 e. The summed E-state index contributed by atoms with van der Waals surface area (Å²) in [5, 5.41) is 2.64. The second kappa shape index (κ2) is 9.00. The lowest BCUT2D eigenvalue weighted by atomic mass is 9.41. The first-order valence-electron chi connectivity index (χ1n) is 15.9. The van der Waals surface area contributed by atoms with Gasteiger partial charge in [0, 0.05) is 59.7 Å². The molecule has 0 unspecified atom stereocenters. The lowest BCUT2D eigenvalue weighted by molar-refractivity contribution is 1.26. The van der Waals surface area contributed by atoms with E-state index in [1.807, 2.05) is 11.3 Å². The topological polar surface area (TPSA) is 6.48 Å². The van der Waals surface area contributed by atoms with Crippen LogP contribution in [0.3, 0.4) is 0 Å². The van der Waals surface area contributed by atoms with Crippen LogP contribution in [-0.2, 0) is 0 Å². The van der Waals surface area contributed by atoms with Gasteiger partial charge in [-0.3, -0.25) is 0 Å². The summed E-state index contributed by atoms with van der Waals surface area (Å²) in [6, 6.07) is 56.4. The van der Waals surface area contributed by atoms with Gasteiger partial charge in [-0.2, -0.15) is 0 Å². The average molecular weight is 601 g/mol. The quantitative estimate of drug-likeness (QED) is 0.182. The van der Waals surface area contributed by atoms with E-state index >= 15 is 0 Å². The van der Waals surface area contributed by atoms with Gasteiger partial charge in [-0.25, -0.2) is 0 Å². The predicted molar refractivity (Wildman–Crippen MR) is 197 cm³/mol. The van der Waals surface area contributed by atoms with Gasteiger partial charge in [0.05, 0.1) is 0 Å². The minimum absolute atomic E-state index is 0.0873. The van der Waals surface area contributed by atoms with Crippen molar-refractivity contribution in [2.24, 2.45) is 0 Å². The number of para-hydroxylation sites is 1. The highest BCUT2D eigenvalue weighted by molar-refractivity contribution is 7.25. The summed E-state index contributed by atoms with van der Waals surface area (Å²) in [6.45, 7) is 0.0873. The van der Waals surface area contributed by atoms with Crippen LogP contribution < -0.4 is 20.6 Å². The molecule has 212 valence electrons. The largest absolute Gasteiger partial charge is 0.376 e. The van der Waals surface area contributed by atoms with E-state index in [1.165, 1.54) is 92.9 Å². The van der Waals surface area contributed by atoms with Gasteiger partial charge in [0.15, 0.2) is 0 Å². The fourth-order valence-corrected chi connectivity index (χ4v) is 9.38. The van der Waals surface area contributed by atoms with Gasteiger partial charge in [-0.05, 0) is 87.8 Å². The van der Waals surface area contributed by atoms with Gasteiger partial charge in [0.2, 0.25) is 0 Å². The van der Waals surface area contributed by atoms with E-state index in [-0.39, 0.29) is 6.85 Å². The molecule has 8 aromatic rings. The van der Waals surface area contributed by atoms with Crippen molar-refractivity contribution in [3.05, 3.63) is 152 Å². The van der Waals surface area contributed by atoms with E-state index in [9.17, 15) is 0 Å². The first-order chi connectivity index (χ1) is 22.8. The summed E-state index contributed by atoms with van der Waals surface area (Å²) in [5.41, 5.74) is 16.7. The Morgan fingerprint density at radius 1 is 0.413 bits per heavy atom. The highest BCUT2D eigenvalue weighted by Gasteiger charge is 2.48. The van der Waals surface area contributed by atoms with Crippen LogP contribution in [0.1, 0.15) is 0 Å². The molecular formula is C42H25BN2S. The molecule has 4 heteroatoms. The van der Waals surface area contributed by atoms with Gasteiger partial charge in [0.1, 0.15) is 0 Å². The normalized spacial score (nSPS) is 13.5. The second-order valence-corrected chi connectivity index (χ2v) is 13.6. The number of nitrogens with zero attached hydrogens (tertiary/aromatic N) is 2. The van der Waals surface area contributed by atoms with Crippen molar-refractivity contribution < 1.29 is 0 Å². The SMILES string of the molecule is c1ccc(-c2ccc3c(c2)-c2cccc4c2B2c5c(cccc5N4c4ccc5sc6ccccc6c5c4)-c4ccccc4N23)cc1. The Balaban J connectivity index is 1.24. The minimum Gasteiger partial charge on any atom is -0.376 e. The Morgan fingerprint density at radius 2 is 1.07 bits per heavy atom. The van der Waals surface area contributed by atoms with Crippen molar-refractivity contribution in [2.45, 2.75) is 0 Å². The maximum atomic E-state index is 2.62. The molecule has 0 amide bonds. The molecule has 46 heavy (non-hydrogen) atoms. The van der Waals surface area contributed by atoms with Gasteiger partial charge >= 0.3 is 6.85 Å². The fraction of sp³-hybridized carbons (Fsp3) is 0. The molecular weight excluding hydrogens is 575 g/mol. The van der Waals surface area contributed by atoms with E-state index in [2.05, 4.69) is 161 Å². The fourth-order valence-electron chi connectivity index (χ4n) is 8.30.